The van der Waals surface area contributed by atoms with Gasteiger partial charge in [0.05, 0.1) is 6.10 Å². The fourth-order valence-corrected chi connectivity index (χ4v) is 10.1. The van der Waals surface area contributed by atoms with Crippen molar-refractivity contribution in [1.82, 2.24) is 9.80 Å². The molecule has 1 N–H and O–H groups in total. The molecule has 9 atom stereocenters. The normalized spacial score (nSPS) is 42.4. The van der Waals surface area contributed by atoms with Crippen LogP contribution in [0.15, 0.2) is 11.6 Å². The van der Waals surface area contributed by atoms with E-state index in [2.05, 4.69) is 33.8 Å². The lowest BCUT2D eigenvalue weighted by Gasteiger charge is -2.58. The number of nitrogens with zero attached hydrogens (tertiary/aromatic N) is 2. The van der Waals surface area contributed by atoms with Gasteiger partial charge in [0, 0.05) is 38.5 Å². The number of rotatable bonds is 5. The van der Waals surface area contributed by atoms with Crippen molar-refractivity contribution in [2.24, 2.45) is 40.4 Å². The van der Waals surface area contributed by atoms with E-state index in [0.29, 0.717) is 55.1 Å². The second kappa shape index (κ2) is 10.3. The lowest BCUT2D eigenvalue weighted by atomic mass is 9.47. The van der Waals surface area contributed by atoms with Crippen LogP contribution in [0, 0.1) is 40.4 Å². The molecule has 5 rings (SSSR count). The molecule has 0 aromatic carbocycles. The average molecular weight is 513 g/mol. The minimum Gasteiger partial charge on any atom is -0.393 e. The molecule has 208 valence electrons. The van der Waals surface area contributed by atoms with Crippen molar-refractivity contribution >= 4 is 11.8 Å². The van der Waals surface area contributed by atoms with Crippen LogP contribution in [0.1, 0.15) is 105 Å². The molecule has 1 unspecified atom stereocenters. The Kier molecular flexibility index (Phi) is 7.59. The highest BCUT2D eigenvalue weighted by Crippen LogP contribution is 2.67. The quantitative estimate of drug-likeness (QED) is 0.473. The van der Waals surface area contributed by atoms with E-state index in [1.165, 1.54) is 32.1 Å². The Labute approximate surface area is 225 Å². The molecule has 0 aromatic rings. The van der Waals surface area contributed by atoms with Gasteiger partial charge in [0.1, 0.15) is 0 Å². The summed E-state index contributed by atoms with van der Waals surface area (Å²) in [5.41, 5.74) is 2.27. The zero-order valence-electron chi connectivity index (χ0n) is 24.2. The van der Waals surface area contributed by atoms with Crippen LogP contribution in [-0.4, -0.2) is 58.5 Å². The topological polar surface area (TPSA) is 60.9 Å². The molecular formula is C32H52N2O3. The van der Waals surface area contributed by atoms with Gasteiger partial charge in [-0.15, -0.1) is 0 Å². The summed E-state index contributed by atoms with van der Waals surface area (Å²) >= 11 is 0. The van der Waals surface area contributed by atoms with Crippen molar-refractivity contribution in [2.75, 3.05) is 19.6 Å². The lowest BCUT2D eigenvalue weighted by Crippen LogP contribution is -2.55. The molecule has 0 bridgehead atoms. The average Bonchev–Trinajstić information content (AvgIpc) is 3.24. The molecule has 1 heterocycles. The van der Waals surface area contributed by atoms with E-state index in [0.717, 1.165) is 43.4 Å². The third-order valence-corrected chi connectivity index (χ3v) is 12.3. The molecule has 3 saturated carbocycles. The predicted molar refractivity (Wildman–Crippen MR) is 148 cm³/mol. The van der Waals surface area contributed by atoms with Crippen LogP contribution < -0.4 is 0 Å². The number of aliphatic hydroxyl groups is 1. The van der Waals surface area contributed by atoms with E-state index in [1.807, 2.05) is 16.7 Å². The molecule has 0 spiro atoms. The fraction of sp³-hybridized carbons (Fsp3) is 0.875. The number of aliphatic hydroxyl groups excluding tert-OH is 1. The van der Waals surface area contributed by atoms with Gasteiger partial charge in [-0.1, -0.05) is 39.3 Å². The fourth-order valence-electron chi connectivity index (χ4n) is 10.1. The lowest BCUT2D eigenvalue weighted by molar-refractivity contribution is -0.142. The first-order chi connectivity index (χ1) is 17.6. The van der Waals surface area contributed by atoms with Crippen molar-refractivity contribution < 1.29 is 14.7 Å². The first-order valence-electron chi connectivity index (χ1n) is 15.5. The van der Waals surface area contributed by atoms with Crippen LogP contribution in [0.3, 0.4) is 0 Å². The molecule has 37 heavy (non-hydrogen) atoms. The number of fused-ring (bicyclic) bond motifs is 5. The molecular weight excluding hydrogens is 460 g/mol. The molecule has 1 aliphatic heterocycles. The monoisotopic (exact) mass is 512 g/mol. The SMILES string of the molecule is CCC(=O)N1CCN(C(=O)CCC(C)[C@H]2CC[C@H]3[C@@H]4CC=C5C[C@@H](O)CC[C@]5(C)[C@H]4CC[C@]23C)[C@@H](C)C1. The highest BCUT2D eigenvalue weighted by molar-refractivity contribution is 5.78. The number of amides is 2. The summed E-state index contributed by atoms with van der Waals surface area (Å²) in [5, 5.41) is 10.3. The number of allylic oxidation sites excluding steroid dienone is 1. The van der Waals surface area contributed by atoms with Gasteiger partial charge in [-0.2, -0.15) is 0 Å². The van der Waals surface area contributed by atoms with Gasteiger partial charge in [-0.05, 0) is 105 Å². The molecule has 0 aromatic heterocycles. The Morgan fingerprint density at radius 3 is 2.59 bits per heavy atom. The van der Waals surface area contributed by atoms with Crippen LogP contribution in [0.4, 0.5) is 0 Å². The summed E-state index contributed by atoms with van der Waals surface area (Å²) in [4.78, 5) is 29.3. The van der Waals surface area contributed by atoms with Crippen molar-refractivity contribution in [3.05, 3.63) is 11.6 Å². The molecule has 1 saturated heterocycles. The van der Waals surface area contributed by atoms with Gasteiger partial charge < -0.3 is 14.9 Å². The van der Waals surface area contributed by atoms with Gasteiger partial charge in [0.2, 0.25) is 11.8 Å². The van der Waals surface area contributed by atoms with Gasteiger partial charge in [0.15, 0.2) is 0 Å². The largest absolute Gasteiger partial charge is 0.393 e. The van der Waals surface area contributed by atoms with E-state index in [1.54, 1.807) is 5.57 Å². The minimum atomic E-state index is -0.130. The number of piperazine rings is 1. The zero-order chi connectivity index (χ0) is 26.5. The first-order valence-corrected chi connectivity index (χ1v) is 15.5. The maximum Gasteiger partial charge on any atom is 0.222 e. The second-order valence-electron chi connectivity index (χ2n) is 14.0. The van der Waals surface area contributed by atoms with Crippen molar-refractivity contribution in [1.29, 1.82) is 0 Å². The van der Waals surface area contributed by atoms with E-state index in [4.69, 9.17) is 0 Å². The Bertz CT molecular complexity index is 916. The van der Waals surface area contributed by atoms with Gasteiger partial charge >= 0.3 is 0 Å². The molecule has 5 heteroatoms. The molecule has 2 amide bonds. The number of carbonyl (C=O) groups is 2. The van der Waals surface area contributed by atoms with E-state index in [-0.39, 0.29) is 24.0 Å². The van der Waals surface area contributed by atoms with Crippen molar-refractivity contribution in [3.8, 4) is 0 Å². The molecule has 5 aliphatic rings. The van der Waals surface area contributed by atoms with E-state index >= 15 is 0 Å². The van der Waals surface area contributed by atoms with Crippen LogP contribution in [0.2, 0.25) is 0 Å². The Balaban J connectivity index is 1.19. The highest BCUT2D eigenvalue weighted by Gasteiger charge is 2.59. The van der Waals surface area contributed by atoms with Crippen molar-refractivity contribution in [2.45, 2.75) is 117 Å². The summed E-state index contributed by atoms with van der Waals surface area (Å²) in [7, 11) is 0. The summed E-state index contributed by atoms with van der Waals surface area (Å²) in [5.74, 6) is 4.16. The van der Waals surface area contributed by atoms with Crippen LogP contribution in [-0.2, 0) is 9.59 Å². The Morgan fingerprint density at radius 1 is 1.08 bits per heavy atom. The maximum atomic E-state index is 13.2. The molecule has 0 radical (unpaired) electrons. The number of hydrogen-bond acceptors (Lipinski definition) is 3. The first kappa shape index (κ1) is 27.2. The minimum absolute atomic E-state index is 0.113. The summed E-state index contributed by atoms with van der Waals surface area (Å²) in [6.45, 7) is 13.6. The maximum absolute atomic E-state index is 13.2. The number of hydrogen-bond donors (Lipinski definition) is 1. The van der Waals surface area contributed by atoms with Gasteiger partial charge in [-0.25, -0.2) is 0 Å². The van der Waals surface area contributed by atoms with Gasteiger partial charge in [-0.3, -0.25) is 9.59 Å². The number of carbonyl (C=O) groups excluding carboxylic acids is 2. The third kappa shape index (κ3) is 4.70. The van der Waals surface area contributed by atoms with E-state index < -0.39 is 0 Å². The Hall–Kier alpha value is -1.36. The third-order valence-electron chi connectivity index (χ3n) is 12.3. The second-order valence-corrected chi connectivity index (χ2v) is 14.0. The summed E-state index contributed by atoms with van der Waals surface area (Å²) in [6.07, 6.45) is 14.2. The molecule has 4 fully saturated rings. The summed E-state index contributed by atoms with van der Waals surface area (Å²) in [6, 6.07) is 0.113. The van der Waals surface area contributed by atoms with E-state index in [9.17, 15) is 14.7 Å². The van der Waals surface area contributed by atoms with Crippen LogP contribution in [0.5, 0.6) is 0 Å². The smallest absolute Gasteiger partial charge is 0.222 e. The Morgan fingerprint density at radius 2 is 1.86 bits per heavy atom. The molecule has 4 aliphatic carbocycles. The molecule has 5 nitrogen and oxygen atoms in total. The standard InChI is InChI=1S/C32H52N2O3/c1-6-29(36)33-17-18-34(22(3)20-33)30(37)12-7-21(2)26-10-11-27-25-9-8-23-19-24(35)13-15-31(23,4)28(25)14-16-32(26,27)5/h8,21-22,24-28,35H,6-7,9-20H2,1-5H3/t21?,22-,24-,25-,26+,27-,28-,31-,32+/m0/s1. The van der Waals surface area contributed by atoms with Gasteiger partial charge in [0.25, 0.3) is 0 Å². The summed E-state index contributed by atoms with van der Waals surface area (Å²) < 4.78 is 0. The predicted octanol–water partition coefficient (Wildman–Crippen LogP) is 5.81. The van der Waals surface area contributed by atoms with Crippen LogP contribution >= 0.6 is 0 Å². The zero-order valence-corrected chi connectivity index (χ0v) is 24.2. The highest BCUT2D eigenvalue weighted by atomic mass is 16.3. The van der Waals surface area contributed by atoms with Crippen LogP contribution in [0.25, 0.3) is 0 Å². The van der Waals surface area contributed by atoms with Crippen molar-refractivity contribution in [3.63, 3.8) is 0 Å².